The van der Waals surface area contributed by atoms with Crippen LogP contribution in [-0.4, -0.2) is 33.4 Å². The number of para-hydroxylation sites is 1. The van der Waals surface area contributed by atoms with Crippen LogP contribution < -0.4 is 5.32 Å². The van der Waals surface area contributed by atoms with E-state index < -0.39 is 17.7 Å². The van der Waals surface area contributed by atoms with Crippen molar-refractivity contribution < 1.29 is 19.4 Å². The SMILES string of the molecule is CC(C)(C)OC(=O)NC1CCc2c(c3ccccc3n2CC(=O)O)C1. The van der Waals surface area contributed by atoms with Crippen LogP contribution >= 0.6 is 0 Å². The summed E-state index contributed by atoms with van der Waals surface area (Å²) in [5.74, 6) is -0.849. The number of hydrogen-bond acceptors (Lipinski definition) is 3. The van der Waals surface area contributed by atoms with Gasteiger partial charge in [-0.3, -0.25) is 4.79 Å². The maximum atomic E-state index is 12.0. The molecule has 3 rings (SSSR count). The molecule has 25 heavy (non-hydrogen) atoms. The minimum absolute atomic E-state index is 0.00793. The minimum Gasteiger partial charge on any atom is -0.480 e. The molecule has 1 unspecified atom stereocenters. The summed E-state index contributed by atoms with van der Waals surface area (Å²) in [7, 11) is 0. The van der Waals surface area contributed by atoms with E-state index in [1.807, 2.05) is 49.6 Å². The summed E-state index contributed by atoms with van der Waals surface area (Å²) in [6, 6.07) is 7.84. The van der Waals surface area contributed by atoms with Crippen LogP contribution in [0.15, 0.2) is 24.3 Å². The normalized spacial score (nSPS) is 17.2. The molecule has 0 bridgehead atoms. The highest BCUT2D eigenvalue weighted by Crippen LogP contribution is 2.32. The maximum absolute atomic E-state index is 12.0. The number of nitrogens with zero attached hydrogens (tertiary/aromatic N) is 1. The number of carboxylic acids is 1. The lowest BCUT2D eigenvalue weighted by Gasteiger charge is -2.27. The van der Waals surface area contributed by atoms with Gasteiger partial charge < -0.3 is 19.7 Å². The molecular weight excluding hydrogens is 320 g/mol. The molecule has 1 aliphatic carbocycles. The van der Waals surface area contributed by atoms with Crippen molar-refractivity contribution >= 4 is 23.0 Å². The molecular formula is C19H24N2O4. The number of carbonyl (C=O) groups excluding carboxylic acids is 1. The first-order valence-corrected chi connectivity index (χ1v) is 8.55. The predicted molar refractivity (Wildman–Crippen MR) is 94.8 cm³/mol. The van der Waals surface area contributed by atoms with Gasteiger partial charge >= 0.3 is 12.1 Å². The fourth-order valence-electron chi connectivity index (χ4n) is 3.51. The molecule has 6 heteroatoms. The summed E-state index contributed by atoms with van der Waals surface area (Å²) in [4.78, 5) is 23.3. The second kappa shape index (κ2) is 6.43. The molecule has 1 atom stereocenters. The number of amides is 1. The average Bonchev–Trinajstić information content (AvgIpc) is 2.79. The molecule has 0 saturated heterocycles. The highest BCUT2D eigenvalue weighted by Gasteiger charge is 2.28. The first-order chi connectivity index (χ1) is 11.7. The summed E-state index contributed by atoms with van der Waals surface area (Å²) in [5.41, 5.74) is 2.60. The Balaban J connectivity index is 1.86. The fraction of sp³-hybridized carbons (Fsp3) is 0.474. The summed E-state index contributed by atoms with van der Waals surface area (Å²) in [6.07, 6.45) is 1.77. The van der Waals surface area contributed by atoms with Crippen molar-refractivity contribution in [3.8, 4) is 0 Å². The van der Waals surface area contributed by atoms with E-state index in [2.05, 4.69) is 5.32 Å². The van der Waals surface area contributed by atoms with Crippen molar-refractivity contribution in [1.82, 2.24) is 9.88 Å². The zero-order valence-electron chi connectivity index (χ0n) is 14.8. The molecule has 0 radical (unpaired) electrons. The van der Waals surface area contributed by atoms with Gasteiger partial charge in [-0.05, 0) is 51.7 Å². The molecule has 1 aliphatic rings. The number of benzene rings is 1. The quantitative estimate of drug-likeness (QED) is 0.896. The summed E-state index contributed by atoms with van der Waals surface area (Å²) < 4.78 is 7.23. The molecule has 0 fully saturated rings. The van der Waals surface area contributed by atoms with E-state index in [0.29, 0.717) is 6.42 Å². The number of carboxylic acid groups (broad SMARTS) is 1. The Morgan fingerprint density at radius 3 is 2.72 bits per heavy atom. The first kappa shape index (κ1) is 17.3. The molecule has 2 N–H and O–H groups in total. The van der Waals surface area contributed by atoms with Gasteiger partial charge in [0, 0.05) is 22.6 Å². The summed E-state index contributed by atoms with van der Waals surface area (Å²) in [5, 5.41) is 13.2. The topological polar surface area (TPSA) is 80.6 Å². The number of alkyl carbamates (subject to hydrolysis) is 1. The van der Waals surface area contributed by atoms with Crippen LogP contribution in [0.1, 0.15) is 38.4 Å². The van der Waals surface area contributed by atoms with E-state index in [9.17, 15) is 14.7 Å². The lowest BCUT2D eigenvalue weighted by Crippen LogP contribution is -2.42. The fourth-order valence-corrected chi connectivity index (χ4v) is 3.51. The van der Waals surface area contributed by atoms with Gasteiger partial charge in [-0.15, -0.1) is 0 Å². The van der Waals surface area contributed by atoms with Crippen molar-refractivity contribution in [1.29, 1.82) is 0 Å². The van der Waals surface area contributed by atoms with Crippen LogP contribution in [0.25, 0.3) is 10.9 Å². The second-order valence-corrected chi connectivity index (χ2v) is 7.51. The van der Waals surface area contributed by atoms with E-state index in [4.69, 9.17) is 4.74 Å². The van der Waals surface area contributed by atoms with Crippen LogP contribution in [-0.2, 0) is 28.9 Å². The van der Waals surface area contributed by atoms with Crippen LogP contribution in [0.4, 0.5) is 4.79 Å². The number of nitrogens with one attached hydrogen (secondary N) is 1. The number of carbonyl (C=O) groups is 2. The molecule has 6 nitrogen and oxygen atoms in total. The maximum Gasteiger partial charge on any atom is 0.407 e. The standard InChI is InChI=1S/C19H24N2O4/c1-19(2,3)25-18(24)20-12-8-9-16-14(10-12)13-6-4-5-7-15(13)21(16)11-17(22)23/h4-7,12H,8-11H2,1-3H3,(H,20,24)(H,22,23). The van der Waals surface area contributed by atoms with E-state index in [1.165, 1.54) is 0 Å². The van der Waals surface area contributed by atoms with Gasteiger partial charge in [0.15, 0.2) is 0 Å². The lowest BCUT2D eigenvalue weighted by atomic mass is 9.91. The number of ether oxygens (including phenoxy) is 1. The molecule has 1 amide bonds. The smallest absolute Gasteiger partial charge is 0.407 e. The third-order valence-electron chi connectivity index (χ3n) is 4.39. The van der Waals surface area contributed by atoms with Crippen LogP contribution in [0.3, 0.4) is 0 Å². The molecule has 0 spiro atoms. The predicted octanol–water partition coefficient (Wildman–Crippen LogP) is 3.11. The Hall–Kier alpha value is -2.50. The molecule has 134 valence electrons. The third-order valence-corrected chi connectivity index (χ3v) is 4.39. The van der Waals surface area contributed by atoms with E-state index in [1.54, 1.807) is 0 Å². The van der Waals surface area contributed by atoms with Crippen molar-refractivity contribution in [3.05, 3.63) is 35.5 Å². The molecule has 2 aromatic rings. The Kier molecular flexibility index (Phi) is 4.45. The molecule has 1 aromatic carbocycles. The Labute approximate surface area is 146 Å². The number of aromatic nitrogens is 1. The van der Waals surface area contributed by atoms with Crippen molar-refractivity contribution in [2.45, 2.75) is 58.2 Å². The average molecular weight is 344 g/mol. The van der Waals surface area contributed by atoms with Gasteiger partial charge in [-0.2, -0.15) is 0 Å². The largest absolute Gasteiger partial charge is 0.480 e. The van der Waals surface area contributed by atoms with Gasteiger partial charge in [0.1, 0.15) is 12.1 Å². The molecule has 0 saturated carbocycles. The number of aliphatic carboxylic acids is 1. The van der Waals surface area contributed by atoms with Crippen molar-refractivity contribution in [2.75, 3.05) is 0 Å². The van der Waals surface area contributed by atoms with Crippen LogP contribution in [0, 0.1) is 0 Å². The van der Waals surface area contributed by atoms with E-state index in [-0.39, 0.29) is 12.6 Å². The second-order valence-electron chi connectivity index (χ2n) is 7.51. The van der Waals surface area contributed by atoms with E-state index in [0.717, 1.165) is 35.0 Å². The first-order valence-electron chi connectivity index (χ1n) is 8.55. The van der Waals surface area contributed by atoms with E-state index >= 15 is 0 Å². The minimum atomic E-state index is -0.849. The van der Waals surface area contributed by atoms with Crippen molar-refractivity contribution in [2.24, 2.45) is 0 Å². The highest BCUT2D eigenvalue weighted by atomic mass is 16.6. The molecule has 1 heterocycles. The van der Waals surface area contributed by atoms with Crippen LogP contribution in [0.2, 0.25) is 0 Å². The van der Waals surface area contributed by atoms with Crippen LogP contribution in [0.5, 0.6) is 0 Å². The van der Waals surface area contributed by atoms with Crippen molar-refractivity contribution in [3.63, 3.8) is 0 Å². The van der Waals surface area contributed by atoms with Gasteiger partial charge in [0.2, 0.25) is 0 Å². The molecule has 1 aromatic heterocycles. The Morgan fingerprint density at radius 2 is 2.04 bits per heavy atom. The Morgan fingerprint density at radius 1 is 1.32 bits per heavy atom. The number of fused-ring (bicyclic) bond motifs is 3. The number of hydrogen-bond donors (Lipinski definition) is 2. The van der Waals surface area contributed by atoms with Gasteiger partial charge in [0.05, 0.1) is 0 Å². The zero-order chi connectivity index (χ0) is 18.2. The van der Waals surface area contributed by atoms with Gasteiger partial charge in [-0.25, -0.2) is 4.79 Å². The monoisotopic (exact) mass is 344 g/mol. The zero-order valence-corrected chi connectivity index (χ0v) is 14.8. The highest BCUT2D eigenvalue weighted by molar-refractivity contribution is 5.87. The lowest BCUT2D eigenvalue weighted by molar-refractivity contribution is -0.137. The van der Waals surface area contributed by atoms with Gasteiger partial charge in [-0.1, -0.05) is 18.2 Å². The summed E-state index contributed by atoms with van der Waals surface area (Å²) in [6.45, 7) is 5.47. The summed E-state index contributed by atoms with van der Waals surface area (Å²) >= 11 is 0. The number of rotatable bonds is 3. The Bertz CT molecular complexity index is 817. The molecule has 0 aliphatic heterocycles. The van der Waals surface area contributed by atoms with Gasteiger partial charge in [0.25, 0.3) is 0 Å². The third kappa shape index (κ3) is 3.78.